The van der Waals surface area contributed by atoms with Crippen molar-refractivity contribution in [3.05, 3.63) is 23.2 Å². The van der Waals surface area contributed by atoms with E-state index in [4.69, 9.17) is 22.1 Å². The lowest BCUT2D eigenvalue weighted by Gasteiger charge is -2.27. The molecule has 1 aliphatic rings. The molecular weight excluding hydrogens is 236 g/mol. The Balaban J connectivity index is 1.99. The molecule has 4 heteroatoms. The Hall–Kier alpha value is -0.930. The van der Waals surface area contributed by atoms with Crippen LogP contribution in [0, 0.1) is 0 Å². The van der Waals surface area contributed by atoms with Gasteiger partial charge in [0.15, 0.2) is 0 Å². The minimum absolute atomic E-state index is 0.382. The molecule has 0 radical (unpaired) electrons. The summed E-state index contributed by atoms with van der Waals surface area (Å²) < 4.78 is 5.20. The smallest absolute Gasteiger partial charge is 0.139 e. The van der Waals surface area contributed by atoms with Crippen molar-refractivity contribution in [1.82, 2.24) is 0 Å². The second kappa shape index (κ2) is 5.61. The summed E-state index contributed by atoms with van der Waals surface area (Å²) in [5.74, 6) is 0.712. The maximum atomic E-state index is 5.99. The topological polar surface area (TPSA) is 47.3 Å². The zero-order valence-electron chi connectivity index (χ0n) is 10.1. The Morgan fingerprint density at radius 3 is 2.65 bits per heavy atom. The molecule has 94 valence electrons. The van der Waals surface area contributed by atoms with Crippen LogP contribution in [0.1, 0.15) is 25.7 Å². The van der Waals surface area contributed by atoms with Gasteiger partial charge in [-0.1, -0.05) is 11.6 Å². The number of benzene rings is 1. The molecule has 1 aromatic rings. The van der Waals surface area contributed by atoms with Crippen LogP contribution >= 0.6 is 11.6 Å². The lowest BCUT2D eigenvalue weighted by atomic mass is 9.92. The van der Waals surface area contributed by atoms with Gasteiger partial charge in [0, 0.05) is 23.8 Å². The fourth-order valence-corrected chi connectivity index (χ4v) is 2.44. The van der Waals surface area contributed by atoms with Gasteiger partial charge in [-0.3, -0.25) is 0 Å². The summed E-state index contributed by atoms with van der Waals surface area (Å²) in [6, 6.07) is 6.68. The van der Waals surface area contributed by atoms with Crippen LogP contribution in [-0.4, -0.2) is 19.2 Å². The minimum Gasteiger partial charge on any atom is -0.495 e. The lowest BCUT2D eigenvalue weighted by Crippen LogP contribution is -2.32. The molecule has 0 unspecified atom stereocenters. The van der Waals surface area contributed by atoms with Crippen LogP contribution in [0.4, 0.5) is 5.69 Å². The van der Waals surface area contributed by atoms with E-state index in [1.807, 2.05) is 18.2 Å². The van der Waals surface area contributed by atoms with Crippen LogP contribution < -0.4 is 15.8 Å². The number of hydrogen-bond donors (Lipinski definition) is 2. The number of nitrogens with two attached hydrogens (primary N) is 1. The van der Waals surface area contributed by atoms with Crippen LogP contribution in [0.3, 0.4) is 0 Å². The average molecular weight is 255 g/mol. The number of anilines is 1. The fourth-order valence-electron chi connectivity index (χ4n) is 2.25. The normalized spacial score (nSPS) is 24.4. The van der Waals surface area contributed by atoms with Crippen molar-refractivity contribution < 1.29 is 4.74 Å². The Kier molecular flexibility index (Phi) is 4.13. The number of hydrogen-bond acceptors (Lipinski definition) is 3. The predicted molar refractivity (Wildman–Crippen MR) is 71.9 cm³/mol. The van der Waals surface area contributed by atoms with Crippen molar-refractivity contribution >= 4 is 17.3 Å². The molecule has 0 atom stereocenters. The van der Waals surface area contributed by atoms with E-state index in [1.165, 1.54) is 0 Å². The van der Waals surface area contributed by atoms with Gasteiger partial charge < -0.3 is 15.8 Å². The second-order valence-corrected chi connectivity index (χ2v) is 5.01. The van der Waals surface area contributed by atoms with Gasteiger partial charge in [0.25, 0.3) is 0 Å². The summed E-state index contributed by atoms with van der Waals surface area (Å²) in [6.45, 7) is 0. The molecule has 1 aromatic carbocycles. The summed E-state index contributed by atoms with van der Waals surface area (Å²) in [7, 11) is 1.63. The number of halogens is 1. The Bertz CT molecular complexity index is 376. The van der Waals surface area contributed by atoms with E-state index in [-0.39, 0.29) is 0 Å². The molecule has 3 nitrogen and oxygen atoms in total. The van der Waals surface area contributed by atoms with Gasteiger partial charge in [-0.25, -0.2) is 0 Å². The molecule has 0 amide bonds. The predicted octanol–water partition coefficient (Wildman–Crippen LogP) is 3.03. The van der Waals surface area contributed by atoms with Crippen LogP contribution in [0.25, 0.3) is 0 Å². The van der Waals surface area contributed by atoms with E-state index in [0.29, 0.717) is 22.9 Å². The molecule has 0 spiro atoms. The van der Waals surface area contributed by atoms with Gasteiger partial charge in [0.1, 0.15) is 5.75 Å². The minimum atomic E-state index is 0.382. The van der Waals surface area contributed by atoms with E-state index in [2.05, 4.69) is 5.32 Å². The first kappa shape index (κ1) is 12.5. The van der Waals surface area contributed by atoms with Gasteiger partial charge in [-0.15, -0.1) is 0 Å². The summed E-state index contributed by atoms with van der Waals surface area (Å²) >= 11 is 5.99. The van der Waals surface area contributed by atoms with Crippen molar-refractivity contribution in [1.29, 1.82) is 0 Å². The first-order chi connectivity index (χ1) is 8.19. The van der Waals surface area contributed by atoms with Crippen LogP contribution in [0.15, 0.2) is 18.2 Å². The number of ether oxygens (including phenoxy) is 1. The molecular formula is C13H19ClN2O. The zero-order valence-corrected chi connectivity index (χ0v) is 10.8. The number of methoxy groups -OCH3 is 1. The van der Waals surface area contributed by atoms with Gasteiger partial charge in [-0.2, -0.15) is 0 Å². The molecule has 1 fully saturated rings. The molecule has 0 heterocycles. The third-order valence-corrected chi connectivity index (χ3v) is 3.61. The van der Waals surface area contributed by atoms with Crippen LogP contribution in [-0.2, 0) is 0 Å². The van der Waals surface area contributed by atoms with E-state index in [1.54, 1.807) is 7.11 Å². The fraction of sp³-hybridized carbons (Fsp3) is 0.538. The van der Waals surface area contributed by atoms with E-state index < -0.39 is 0 Å². The third kappa shape index (κ3) is 3.27. The van der Waals surface area contributed by atoms with Crippen LogP contribution in [0.5, 0.6) is 5.75 Å². The summed E-state index contributed by atoms with van der Waals surface area (Å²) in [5.41, 5.74) is 6.95. The van der Waals surface area contributed by atoms with Gasteiger partial charge in [-0.05, 0) is 37.8 Å². The third-order valence-electron chi connectivity index (χ3n) is 3.29. The average Bonchev–Trinajstić information content (AvgIpc) is 2.34. The summed E-state index contributed by atoms with van der Waals surface area (Å²) in [5, 5.41) is 4.15. The van der Waals surface area contributed by atoms with E-state index >= 15 is 0 Å². The largest absolute Gasteiger partial charge is 0.495 e. The van der Waals surface area contributed by atoms with Crippen molar-refractivity contribution in [3.8, 4) is 5.75 Å². The van der Waals surface area contributed by atoms with Crippen molar-refractivity contribution in [2.24, 2.45) is 5.73 Å². The monoisotopic (exact) mass is 254 g/mol. The first-order valence-corrected chi connectivity index (χ1v) is 6.42. The highest BCUT2D eigenvalue weighted by Crippen LogP contribution is 2.29. The second-order valence-electron chi connectivity index (χ2n) is 4.61. The highest BCUT2D eigenvalue weighted by molar-refractivity contribution is 6.32. The Morgan fingerprint density at radius 1 is 1.29 bits per heavy atom. The SMILES string of the molecule is COc1cc(NC2CCC(N)CC2)ccc1Cl. The lowest BCUT2D eigenvalue weighted by molar-refractivity contribution is 0.408. The molecule has 17 heavy (non-hydrogen) atoms. The van der Waals surface area contributed by atoms with E-state index in [0.717, 1.165) is 31.4 Å². The molecule has 3 N–H and O–H groups in total. The molecule has 1 saturated carbocycles. The summed E-state index contributed by atoms with van der Waals surface area (Å²) in [4.78, 5) is 0. The van der Waals surface area contributed by atoms with Gasteiger partial charge in [0.05, 0.1) is 12.1 Å². The zero-order chi connectivity index (χ0) is 12.3. The number of nitrogens with one attached hydrogen (secondary N) is 1. The standard InChI is InChI=1S/C13H19ClN2O/c1-17-13-8-11(6-7-12(13)14)16-10-4-2-9(15)3-5-10/h6-10,16H,2-5,15H2,1H3. The van der Waals surface area contributed by atoms with Crippen molar-refractivity contribution in [2.75, 3.05) is 12.4 Å². The molecule has 0 aliphatic heterocycles. The summed E-state index contributed by atoms with van der Waals surface area (Å²) in [6.07, 6.45) is 4.46. The van der Waals surface area contributed by atoms with Gasteiger partial charge >= 0.3 is 0 Å². The maximum Gasteiger partial charge on any atom is 0.139 e. The van der Waals surface area contributed by atoms with Crippen molar-refractivity contribution in [2.45, 2.75) is 37.8 Å². The highest BCUT2D eigenvalue weighted by Gasteiger charge is 2.18. The quantitative estimate of drug-likeness (QED) is 0.872. The number of rotatable bonds is 3. The van der Waals surface area contributed by atoms with Crippen molar-refractivity contribution in [3.63, 3.8) is 0 Å². The van der Waals surface area contributed by atoms with Gasteiger partial charge in [0.2, 0.25) is 0 Å². The molecule has 0 saturated heterocycles. The maximum absolute atomic E-state index is 5.99. The Morgan fingerprint density at radius 2 is 2.00 bits per heavy atom. The molecule has 0 aromatic heterocycles. The first-order valence-electron chi connectivity index (χ1n) is 6.04. The Labute approximate surface area is 107 Å². The molecule has 2 rings (SSSR count). The molecule has 0 bridgehead atoms. The molecule has 1 aliphatic carbocycles. The highest BCUT2D eigenvalue weighted by atomic mass is 35.5. The van der Waals surface area contributed by atoms with Crippen LogP contribution in [0.2, 0.25) is 5.02 Å². The van der Waals surface area contributed by atoms with E-state index in [9.17, 15) is 0 Å².